The number of rotatable bonds is 5. The van der Waals surface area contributed by atoms with Crippen LogP contribution < -0.4 is 4.90 Å². The molecule has 0 saturated carbocycles. The first-order valence-corrected chi connectivity index (χ1v) is 15.7. The van der Waals surface area contributed by atoms with Gasteiger partial charge in [-0.1, -0.05) is 121 Å². The Morgan fingerprint density at radius 2 is 1.00 bits per heavy atom. The van der Waals surface area contributed by atoms with Gasteiger partial charge in [-0.3, -0.25) is 0 Å². The number of hydrogen-bond acceptors (Lipinski definition) is 2. The van der Waals surface area contributed by atoms with Gasteiger partial charge >= 0.3 is 0 Å². The average molecular weight is 588 g/mol. The molecule has 9 rings (SSSR count). The molecule has 0 atom stereocenters. The van der Waals surface area contributed by atoms with Crippen molar-refractivity contribution in [1.82, 2.24) is 0 Å². The van der Waals surface area contributed by atoms with E-state index in [9.17, 15) is 0 Å². The van der Waals surface area contributed by atoms with E-state index in [1.165, 1.54) is 43.8 Å². The maximum Gasteiger partial charge on any atom is 0.137 e. The van der Waals surface area contributed by atoms with Crippen molar-refractivity contribution in [3.8, 4) is 22.3 Å². The number of anilines is 3. The standard InChI is InChI=1S/C44H29NO/c1-2-10-30(11-3-1)34-15-8-16-36(27-34)45(38-24-25-41-40-17-6-7-19-43(40)46-44(41)29-38)37-23-22-32-14-9-18-39(42(32)28-37)35-21-20-31-12-4-5-13-33(31)26-35/h1-29H. The number of benzene rings is 8. The van der Waals surface area contributed by atoms with Crippen LogP contribution in [0.5, 0.6) is 0 Å². The normalized spacial score (nSPS) is 11.5. The van der Waals surface area contributed by atoms with Crippen molar-refractivity contribution < 1.29 is 4.42 Å². The SMILES string of the molecule is c1ccc(-c2cccc(N(c3ccc4c(c3)oc3ccccc34)c3ccc4cccc(-c5ccc6ccccc6c5)c4c3)c2)cc1. The quantitative estimate of drug-likeness (QED) is 0.199. The summed E-state index contributed by atoms with van der Waals surface area (Å²) >= 11 is 0. The summed E-state index contributed by atoms with van der Waals surface area (Å²) < 4.78 is 6.36. The Morgan fingerprint density at radius 1 is 0.326 bits per heavy atom. The summed E-state index contributed by atoms with van der Waals surface area (Å²) in [5, 5.41) is 7.16. The van der Waals surface area contributed by atoms with Gasteiger partial charge in [0.25, 0.3) is 0 Å². The van der Waals surface area contributed by atoms with Gasteiger partial charge in [0.05, 0.1) is 0 Å². The van der Waals surface area contributed by atoms with E-state index in [-0.39, 0.29) is 0 Å². The third-order valence-corrected chi connectivity index (χ3v) is 9.02. The average Bonchev–Trinajstić information content (AvgIpc) is 3.50. The Labute approximate surface area is 267 Å². The monoisotopic (exact) mass is 587 g/mol. The van der Waals surface area contributed by atoms with E-state index < -0.39 is 0 Å². The molecule has 0 saturated heterocycles. The molecule has 0 aliphatic carbocycles. The van der Waals surface area contributed by atoms with Crippen molar-refractivity contribution in [2.24, 2.45) is 0 Å². The Bertz CT molecular complexity index is 2540. The highest BCUT2D eigenvalue weighted by atomic mass is 16.3. The van der Waals surface area contributed by atoms with E-state index in [0.29, 0.717) is 0 Å². The molecule has 0 amide bonds. The van der Waals surface area contributed by atoms with Crippen LogP contribution >= 0.6 is 0 Å². The van der Waals surface area contributed by atoms with E-state index in [2.05, 4.69) is 169 Å². The summed E-state index contributed by atoms with van der Waals surface area (Å²) in [5.74, 6) is 0. The van der Waals surface area contributed by atoms with Crippen LogP contribution in [0, 0.1) is 0 Å². The molecule has 2 heteroatoms. The van der Waals surface area contributed by atoms with Gasteiger partial charge in [0.1, 0.15) is 11.2 Å². The molecule has 0 N–H and O–H groups in total. The van der Waals surface area contributed by atoms with Crippen LogP contribution in [-0.4, -0.2) is 0 Å². The molecule has 0 aliphatic heterocycles. The fraction of sp³-hybridized carbons (Fsp3) is 0. The van der Waals surface area contributed by atoms with Crippen LogP contribution in [0.3, 0.4) is 0 Å². The Kier molecular flexibility index (Phi) is 6.17. The van der Waals surface area contributed by atoms with Crippen LogP contribution in [-0.2, 0) is 0 Å². The molecule has 1 heterocycles. The smallest absolute Gasteiger partial charge is 0.137 e. The van der Waals surface area contributed by atoms with Gasteiger partial charge < -0.3 is 9.32 Å². The van der Waals surface area contributed by atoms with Gasteiger partial charge in [0.2, 0.25) is 0 Å². The summed E-state index contributed by atoms with van der Waals surface area (Å²) in [7, 11) is 0. The number of para-hydroxylation sites is 1. The molecule has 0 bridgehead atoms. The molecule has 216 valence electrons. The highest BCUT2D eigenvalue weighted by molar-refractivity contribution is 6.06. The Morgan fingerprint density at radius 3 is 1.93 bits per heavy atom. The number of hydrogen-bond donors (Lipinski definition) is 0. The molecule has 46 heavy (non-hydrogen) atoms. The van der Waals surface area contributed by atoms with E-state index in [1.807, 2.05) is 12.1 Å². The van der Waals surface area contributed by atoms with Crippen molar-refractivity contribution in [1.29, 1.82) is 0 Å². The van der Waals surface area contributed by atoms with Gasteiger partial charge in [-0.05, 0) is 92.3 Å². The largest absolute Gasteiger partial charge is 0.456 e. The summed E-state index contributed by atoms with van der Waals surface area (Å²) in [6.07, 6.45) is 0. The third-order valence-electron chi connectivity index (χ3n) is 9.02. The Balaban J connectivity index is 1.25. The maximum atomic E-state index is 6.36. The molecule has 0 unspecified atom stereocenters. The maximum absolute atomic E-state index is 6.36. The van der Waals surface area contributed by atoms with Crippen molar-refractivity contribution in [2.75, 3.05) is 4.90 Å². The fourth-order valence-corrected chi connectivity index (χ4v) is 6.76. The molecule has 0 aliphatic rings. The van der Waals surface area contributed by atoms with Gasteiger partial charge in [-0.15, -0.1) is 0 Å². The van der Waals surface area contributed by atoms with E-state index in [1.54, 1.807) is 0 Å². The van der Waals surface area contributed by atoms with Gasteiger partial charge in [-0.2, -0.15) is 0 Å². The zero-order valence-corrected chi connectivity index (χ0v) is 25.1. The van der Waals surface area contributed by atoms with Crippen LogP contribution in [0.25, 0.3) is 65.7 Å². The summed E-state index contributed by atoms with van der Waals surface area (Å²) in [5.41, 5.74) is 9.77. The first-order valence-electron chi connectivity index (χ1n) is 15.7. The molecule has 1 aromatic heterocycles. The van der Waals surface area contributed by atoms with Crippen molar-refractivity contribution in [3.05, 3.63) is 176 Å². The van der Waals surface area contributed by atoms with E-state index >= 15 is 0 Å². The van der Waals surface area contributed by atoms with Crippen LogP contribution in [0.15, 0.2) is 180 Å². The zero-order valence-electron chi connectivity index (χ0n) is 25.1. The van der Waals surface area contributed by atoms with Crippen molar-refractivity contribution in [3.63, 3.8) is 0 Å². The predicted octanol–water partition coefficient (Wildman–Crippen LogP) is 12.7. The lowest BCUT2D eigenvalue weighted by atomic mass is 9.95. The van der Waals surface area contributed by atoms with Gasteiger partial charge in [0, 0.05) is 33.9 Å². The second-order valence-electron chi connectivity index (χ2n) is 11.8. The molecular weight excluding hydrogens is 558 g/mol. The minimum absolute atomic E-state index is 0.876. The van der Waals surface area contributed by atoms with E-state index in [4.69, 9.17) is 4.42 Å². The summed E-state index contributed by atoms with van der Waals surface area (Å²) in [4.78, 5) is 2.34. The Hall–Kier alpha value is -6.12. The second kappa shape index (κ2) is 10.8. The van der Waals surface area contributed by atoms with E-state index in [0.717, 1.165) is 39.0 Å². The first-order chi connectivity index (χ1) is 22.8. The lowest BCUT2D eigenvalue weighted by Gasteiger charge is -2.26. The molecule has 9 aromatic rings. The molecule has 0 radical (unpaired) electrons. The summed E-state index contributed by atoms with van der Waals surface area (Å²) in [6, 6.07) is 62.9. The molecule has 8 aromatic carbocycles. The van der Waals surface area contributed by atoms with Gasteiger partial charge in [0.15, 0.2) is 0 Å². The molecule has 0 fully saturated rings. The molecule has 2 nitrogen and oxygen atoms in total. The minimum Gasteiger partial charge on any atom is -0.456 e. The topological polar surface area (TPSA) is 16.4 Å². The third kappa shape index (κ3) is 4.51. The first kappa shape index (κ1) is 26.3. The lowest BCUT2D eigenvalue weighted by molar-refractivity contribution is 0.669. The highest BCUT2D eigenvalue weighted by Crippen LogP contribution is 2.42. The molecule has 0 spiro atoms. The van der Waals surface area contributed by atoms with Crippen LogP contribution in [0.4, 0.5) is 17.1 Å². The van der Waals surface area contributed by atoms with Crippen molar-refractivity contribution in [2.45, 2.75) is 0 Å². The number of fused-ring (bicyclic) bond motifs is 5. The zero-order chi connectivity index (χ0) is 30.5. The lowest BCUT2D eigenvalue weighted by Crippen LogP contribution is -2.10. The van der Waals surface area contributed by atoms with Crippen LogP contribution in [0.1, 0.15) is 0 Å². The highest BCUT2D eigenvalue weighted by Gasteiger charge is 2.17. The van der Waals surface area contributed by atoms with Crippen molar-refractivity contribution >= 4 is 60.5 Å². The molecular formula is C44H29NO. The predicted molar refractivity (Wildman–Crippen MR) is 194 cm³/mol. The minimum atomic E-state index is 0.876. The number of furan rings is 1. The fourth-order valence-electron chi connectivity index (χ4n) is 6.76. The van der Waals surface area contributed by atoms with Crippen LogP contribution in [0.2, 0.25) is 0 Å². The van der Waals surface area contributed by atoms with Gasteiger partial charge in [-0.25, -0.2) is 0 Å². The second-order valence-corrected chi connectivity index (χ2v) is 11.8. The summed E-state index contributed by atoms with van der Waals surface area (Å²) in [6.45, 7) is 0. The number of nitrogens with zero attached hydrogens (tertiary/aromatic N) is 1.